The molecular weight excluding hydrogens is 572 g/mol. The van der Waals surface area contributed by atoms with Gasteiger partial charge in [-0.25, -0.2) is 0 Å². The third kappa shape index (κ3) is 3.30. The summed E-state index contributed by atoms with van der Waals surface area (Å²) >= 11 is -4.24. The fourth-order valence-electron chi connectivity index (χ4n) is 3.55. The summed E-state index contributed by atoms with van der Waals surface area (Å²) in [7, 11) is 0. The van der Waals surface area contributed by atoms with E-state index in [2.05, 4.69) is 0 Å². The van der Waals surface area contributed by atoms with Crippen LogP contribution in [0.5, 0.6) is 0 Å². The molecule has 4 aromatic rings. The van der Waals surface area contributed by atoms with Crippen LogP contribution in [0.3, 0.4) is 0 Å². The molecule has 0 spiro atoms. The zero-order chi connectivity index (χ0) is 26.3. The number of rotatable bonds is 2. The van der Waals surface area contributed by atoms with Crippen molar-refractivity contribution in [2.45, 2.75) is 0 Å². The Bertz CT molecular complexity index is 1490. The van der Waals surface area contributed by atoms with Crippen LogP contribution in [0.25, 0.3) is 21.5 Å². The molecule has 15 heteroatoms. The first-order valence-corrected chi connectivity index (χ1v) is 11.8. The summed E-state index contributed by atoms with van der Waals surface area (Å²) in [5.41, 5.74) is 0. The molecule has 0 aliphatic rings. The quantitative estimate of drug-likeness (QED) is 0.120. The normalized spacial score (nSPS) is 11.6. The Morgan fingerprint density at radius 2 is 0.429 bits per heavy atom. The van der Waals surface area contributed by atoms with E-state index in [0.29, 0.717) is 0 Å². The standard InChI is InChI=1S/2C10F7.Zn/c2*11-2-1-3(12)6(13)5-4(2)7(14)9(16)10(17)8(5)15;. The van der Waals surface area contributed by atoms with E-state index < -0.39 is 128 Å². The van der Waals surface area contributed by atoms with E-state index in [4.69, 9.17) is 0 Å². The molecule has 0 N–H and O–H groups in total. The molecule has 0 saturated carbocycles. The molecule has 0 nitrogen and oxygen atoms in total. The third-order valence-corrected chi connectivity index (χ3v) is 9.30. The fraction of sp³-hybridized carbons (Fsp3) is 0. The van der Waals surface area contributed by atoms with Gasteiger partial charge in [0.25, 0.3) is 0 Å². The molecule has 0 saturated heterocycles. The van der Waals surface area contributed by atoms with E-state index >= 15 is 0 Å². The molecule has 0 heterocycles. The Labute approximate surface area is 190 Å². The van der Waals surface area contributed by atoms with Gasteiger partial charge >= 0.3 is 190 Å². The number of hydrogen-bond acceptors (Lipinski definition) is 0. The molecule has 0 unspecified atom stereocenters. The molecule has 180 valence electrons. The summed E-state index contributed by atoms with van der Waals surface area (Å²) in [4.78, 5) is 0. The summed E-state index contributed by atoms with van der Waals surface area (Å²) in [6.45, 7) is 0. The zero-order valence-electron chi connectivity index (χ0n) is 16.0. The molecule has 0 radical (unpaired) electrons. The van der Waals surface area contributed by atoms with Gasteiger partial charge in [-0.15, -0.1) is 0 Å². The number of fused-ring (bicyclic) bond motifs is 2. The van der Waals surface area contributed by atoms with Crippen molar-refractivity contribution in [3.63, 3.8) is 0 Å². The van der Waals surface area contributed by atoms with Crippen molar-refractivity contribution in [1.29, 1.82) is 0 Å². The van der Waals surface area contributed by atoms with Gasteiger partial charge in [-0.3, -0.25) is 0 Å². The van der Waals surface area contributed by atoms with Gasteiger partial charge in [0.1, 0.15) is 0 Å². The van der Waals surface area contributed by atoms with Gasteiger partial charge in [-0.1, -0.05) is 0 Å². The van der Waals surface area contributed by atoms with Gasteiger partial charge in [0.2, 0.25) is 0 Å². The third-order valence-electron chi connectivity index (χ3n) is 5.21. The van der Waals surface area contributed by atoms with Crippen molar-refractivity contribution in [1.82, 2.24) is 0 Å². The summed E-state index contributed by atoms with van der Waals surface area (Å²) in [6.07, 6.45) is 0. The van der Waals surface area contributed by atoms with Crippen LogP contribution in [0.4, 0.5) is 61.5 Å². The van der Waals surface area contributed by atoms with Gasteiger partial charge in [-0.05, 0) is 0 Å². The molecule has 0 aromatic heterocycles. The van der Waals surface area contributed by atoms with Crippen LogP contribution >= 0.6 is 0 Å². The van der Waals surface area contributed by atoms with Crippen molar-refractivity contribution >= 4 is 29.9 Å². The Morgan fingerprint density at radius 3 is 0.686 bits per heavy atom. The van der Waals surface area contributed by atoms with Crippen LogP contribution in [0.2, 0.25) is 0 Å². The van der Waals surface area contributed by atoms with Crippen molar-refractivity contribution in [3.8, 4) is 0 Å². The maximum absolute atomic E-state index is 14.8. The van der Waals surface area contributed by atoms with Gasteiger partial charge < -0.3 is 0 Å². The first kappa shape index (κ1) is 25.1. The molecule has 35 heavy (non-hydrogen) atoms. The molecule has 0 fully saturated rings. The number of halogens is 14. The molecule has 0 aliphatic heterocycles. The molecule has 4 rings (SSSR count). The first-order chi connectivity index (χ1) is 16.2. The Kier molecular flexibility index (Phi) is 5.98. The Morgan fingerprint density at radius 1 is 0.229 bits per heavy atom. The number of benzene rings is 4. The summed E-state index contributed by atoms with van der Waals surface area (Å²) < 4.78 is 194. The van der Waals surface area contributed by atoms with Crippen molar-refractivity contribution in [2.75, 3.05) is 0 Å². The first-order valence-electron chi connectivity index (χ1n) is 8.85. The van der Waals surface area contributed by atoms with Gasteiger partial charge in [-0.2, -0.15) is 0 Å². The predicted molar refractivity (Wildman–Crippen MR) is 86.6 cm³/mol. The Hall–Kier alpha value is -2.96. The molecular formula is C20F14Zn. The zero-order valence-corrected chi connectivity index (χ0v) is 19.0. The van der Waals surface area contributed by atoms with E-state index in [0.717, 1.165) is 0 Å². The average Bonchev–Trinajstić information content (AvgIpc) is 2.82. The SMILES string of the molecule is Fc1c(F)c(F)c2c(F)[c]([Zn][c]3c(F)c(F)c4c(F)c(F)c(F)c(F)c4c3F)c(F)c(F)c2c1F. The van der Waals surface area contributed by atoms with Crippen molar-refractivity contribution < 1.29 is 78.6 Å². The van der Waals surface area contributed by atoms with E-state index in [1.165, 1.54) is 0 Å². The topological polar surface area (TPSA) is 0 Å². The average molecular weight is 572 g/mol. The van der Waals surface area contributed by atoms with E-state index in [-0.39, 0.29) is 0 Å². The van der Waals surface area contributed by atoms with E-state index in [1.807, 2.05) is 0 Å². The van der Waals surface area contributed by atoms with E-state index in [9.17, 15) is 61.5 Å². The van der Waals surface area contributed by atoms with Gasteiger partial charge in [0, 0.05) is 0 Å². The van der Waals surface area contributed by atoms with Crippen LogP contribution in [0.1, 0.15) is 0 Å². The van der Waals surface area contributed by atoms with Crippen LogP contribution in [0, 0.1) is 81.4 Å². The summed E-state index contributed by atoms with van der Waals surface area (Å²) in [6, 6.07) is 0. The van der Waals surface area contributed by atoms with Gasteiger partial charge in [0.05, 0.1) is 0 Å². The molecule has 0 atom stereocenters. The second-order valence-electron chi connectivity index (χ2n) is 7.03. The monoisotopic (exact) mass is 570 g/mol. The van der Waals surface area contributed by atoms with Gasteiger partial charge in [0.15, 0.2) is 0 Å². The van der Waals surface area contributed by atoms with Crippen molar-refractivity contribution in [2.24, 2.45) is 0 Å². The minimum absolute atomic E-state index is 1.73. The van der Waals surface area contributed by atoms with E-state index in [1.54, 1.807) is 0 Å². The summed E-state index contributed by atoms with van der Waals surface area (Å²) in [5.74, 6) is -35.4. The number of hydrogen-bond donors (Lipinski definition) is 0. The molecule has 0 aliphatic carbocycles. The van der Waals surface area contributed by atoms with Crippen LogP contribution in [-0.2, 0) is 17.1 Å². The summed E-state index contributed by atoms with van der Waals surface area (Å²) in [5, 5.41) is -8.04. The minimum atomic E-state index is -4.24. The second-order valence-corrected chi connectivity index (χ2v) is 10.7. The fourth-order valence-corrected chi connectivity index (χ4v) is 6.99. The molecule has 0 amide bonds. The van der Waals surface area contributed by atoms with Crippen LogP contribution in [0.15, 0.2) is 0 Å². The maximum atomic E-state index is 14.8. The Balaban J connectivity index is 2.10. The van der Waals surface area contributed by atoms with Crippen LogP contribution < -0.4 is 8.32 Å². The molecule has 0 bridgehead atoms. The predicted octanol–water partition coefficient (Wildman–Crippen LogP) is 5.97. The van der Waals surface area contributed by atoms with Crippen LogP contribution in [-0.4, -0.2) is 0 Å². The molecule has 4 aromatic carbocycles. The second kappa shape index (κ2) is 8.32. The van der Waals surface area contributed by atoms with Crippen molar-refractivity contribution in [3.05, 3.63) is 81.4 Å².